The van der Waals surface area contributed by atoms with Crippen LogP contribution < -0.4 is 10.1 Å². The summed E-state index contributed by atoms with van der Waals surface area (Å²) in [6.45, 7) is 10.2. The Bertz CT molecular complexity index is 629. The molecular formula is C27H47N2O3+. The van der Waals surface area contributed by atoms with E-state index < -0.39 is 0 Å². The number of quaternary nitrogens is 1. The zero-order valence-corrected chi connectivity index (χ0v) is 20.7. The largest absolute Gasteiger partial charge is 0.491 e. The Hall–Kier alpha value is -1.75. The molecule has 1 aliphatic heterocycles. The van der Waals surface area contributed by atoms with Crippen molar-refractivity contribution < 1.29 is 18.8 Å². The molecule has 1 aromatic carbocycles. The summed E-state index contributed by atoms with van der Waals surface area (Å²) in [5, 5.41) is 2.89. The van der Waals surface area contributed by atoms with Crippen LogP contribution >= 0.6 is 0 Å². The minimum atomic E-state index is -0.384. The second-order valence-electron chi connectivity index (χ2n) is 9.38. The van der Waals surface area contributed by atoms with Gasteiger partial charge in [0.2, 0.25) is 0 Å². The minimum absolute atomic E-state index is 0.384. The number of unbranched alkanes of at least 4 members (excludes halogenated alkanes) is 7. The van der Waals surface area contributed by atoms with Crippen molar-refractivity contribution in [3.8, 4) is 5.75 Å². The first-order chi connectivity index (χ1) is 15.7. The summed E-state index contributed by atoms with van der Waals surface area (Å²) in [5.74, 6) is 0.718. The summed E-state index contributed by atoms with van der Waals surface area (Å²) in [6, 6.07) is 7.63. The fourth-order valence-corrected chi connectivity index (χ4v) is 4.68. The highest BCUT2D eigenvalue weighted by molar-refractivity contribution is 5.86. The molecule has 0 aliphatic carbocycles. The van der Waals surface area contributed by atoms with Crippen LogP contribution in [0, 0.1) is 0 Å². The van der Waals surface area contributed by atoms with Gasteiger partial charge in [-0.2, -0.15) is 0 Å². The van der Waals surface area contributed by atoms with E-state index >= 15 is 0 Å². The lowest BCUT2D eigenvalue weighted by molar-refractivity contribution is -0.932. The smallest absolute Gasteiger partial charge is 0.411 e. The second-order valence-corrected chi connectivity index (χ2v) is 9.38. The molecule has 5 heteroatoms. The van der Waals surface area contributed by atoms with Crippen LogP contribution in [0.25, 0.3) is 0 Å². The number of rotatable bonds is 16. The molecule has 1 aromatic rings. The maximum absolute atomic E-state index is 12.5. The van der Waals surface area contributed by atoms with Crippen molar-refractivity contribution in [1.29, 1.82) is 0 Å². The number of likely N-dealkylation sites (tertiary alicyclic amines) is 1. The maximum atomic E-state index is 12.5. The Morgan fingerprint density at radius 3 is 2.28 bits per heavy atom. The van der Waals surface area contributed by atoms with E-state index in [-0.39, 0.29) is 6.09 Å². The van der Waals surface area contributed by atoms with Crippen molar-refractivity contribution in [3.05, 3.63) is 24.3 Å². The molecule has 1 amide bonds. The van der Waals surface area contributed by atoms with Gasteiger partial charge in [-0.05, 0) is 50.7 Å². The number of amides is 1. The predicted octanol–water partition coefficient (Wildman–Crippen LogP) is 7.17. The fraction of sp³-hybridized carbons (Fsp3) is 0.741. The van der Waals surface area contributed by atoms with E-state index in [1.807, 2.05) is 24.3 Å². The molecule has 0 atom stereocenters. The maximum Gasteiger partial charge on any atom is 0.411 e. The topological polar surface area (TPSA) is 47.6 Å². The third-order valence-electron chi connectivity index (χ3n) is 6.68. The number of piperidine rings is 1. The van der Waals surface area contributed by atoms with Crippen molar-refractivity contribution in [1.82, 2.24) is 0 Å². The standard InChI is InChI=1S/C27H46N2O3/c1-3-5-7-9-16-23-31-26-18-12-11-17-25(26)28-27(30)32-24-22-29(19-13-8-6-4-2)20-14-10-15-21-29/h11-12,17-18H,3-10,13-16,19-24H2,1-2H3/p+1. The van der Waals surface area contributed by atoms with Gasteiger partial charge >= 0.3 is 6.09 Å². The van der Waals surface area contributed by atoms with Crippen LogP contribution in [0.5, 0.6) is 5.75 Å². The van der Waals surface area contributed by atoms with E-state index in [0.29, 0.717) is 18.9 Å². The van der Waals surface area contributed by atoms with Gasteiger partial charge in [-0.15, -0.1) is 0 Å². The third-order valence-corrected chi connectivity index (χ3v) is 6.68. The minimum Gasteiger partial charge on any atom is -0.491 e. The van der Waals surface area contributed by atoms with Gasteiger partial charge in [0.15, 0.2) is 0 Å². The number of nitrogens with zero attached hydrogens (tertiary/aromatic N) is 1. The molecule has 182 valence electrons. The normalized spacial score (nSPS) is 15.3. The molecule has 1 heterocycles. The highest BCUT2D eigenvalue weighted by Crippen LogP contribution is 2.25. The van der Waals surface area contributed by atoms with Gasteiger partial charge in [0.25, 0.3) is 0 Å². The Kier molecular flexibility index (Phi) is 13.2. The summed E-state index contributed by atoms with van der Waals surface area (Å²) in [7, 11) is 0. The predicted molar refractivity (Wildman–Crippen MR) is 133 cm³/mol. The highest BCUT2D eigenvalue weighted by Gasteiger charge is 2.29. The average Bonchev–Trinajstić information content (AvgIpc) is 2.81. The molecule has 0 spiro atoms. The molecule has 0 unspecified atom stereocenters. The lowest BCUT2D eigenvalue weighted by Gasteiger charge is -2.41. The fourth-order valence-electron chi connectivity index (χ4n) is 4.68. The van der Waals surface area contributed by atoms with Crippen LogP contribution in [-0.2, 0) is 4.74 Å². The first-order valence-corrected chi connectivity index (χ1v) is 13.2. The van der Waals surface area contributed by atoms with Crippen molar-refractivity contribution in [2.24, 2.45) is 0 Å². The number of benzene rings is 1. The molecule has 1 saturated heterocycles. The summed E-state index contributed by atoms with van der Waals surface area (Å²) in [6.07, 6.45) is 14.7. The van der Waals surface area contributed by atoms with Crippen LogP contribution in [0.4, 0.5) is 10.5 Å². The Morgan fingerprint density at radius 1 is 0.844 bits per heavy atom. The van der Waals surface area contributed by atoms with E-state index in [1.165, 1.54) is 90.3 Å². The van der Waals surface area contributed by atoms with Crippen LogP contribution in [0.15, 0.2) is 24.3 Å². The zero-order chi connectivity index (χ0) is 22.9. The van der Waals surface area contributed by atoms with E-state index in [9.17, 15) is 4.79 Å². The van der Waals surface area contributed by atoms with E-state index in [2.05, 4.69) is 19.2 Å². The first kappa shape index (κ1) is 26.5. The summed E-state index contributed by atoms with van der Waals surface area (Å²) in [4.78, 5) is 12.5. The molecule has 1 N–H and O–H groups in total. The number of ether oxygens (including phenoxy) is 2. The van der Waals surface area contributed by atoms with Crippen molar-refractivity contribution in [2.75, 3.05) is 44.7 Å². The van der Waals surface area contributed by atoms with Gasteiger partial charge in [0, 0.05) is 0 Å². The van der Waals surface area contributed by atoms with Crippen LogP contribution in [0.1, 0.15) is 90.9 Å². The van der Waals surface area contributed by atoms with Gasteiger partial charge in [-0.25, -0.2) is 4.79 Å². The van der Waals surface area contributed by atoms with E-state index in [4.69, 9.17) is 9.47 Å². The summed E-state index contributed by atoms with van der Waals surface area (Å²) < 4.78 is 12.6. The molecular weight excluding hydrogens is 400 g/mol. The Balaban J connectivity index is 1.75. The third kappa shape index (κ3) is 10.2. The molecule has 32 heavy (non-hydrogen) atoms. The monoisotopic (exact) mass is 447 g/mol. The molecule has 0 bridgehead atoms. The number of para-hydroxylation sites is 2. The Labute approximate surface area is 196 Å². The van der Waals surface area contributed by atoms with Crippen LogP contribution in [0.3, 0.4) is 0 Å². The van der Waals surface area contributed by atoms with Gasteiger partial charge in [0.05, 0.1) is 31.9 Å². The van der Waals surface area contributed by atoms with Crippen molar-refractivity contribution in [2.45, 2.75) is 90.9 Å². The zero-order valence-electron chi connectivity index (χ0n) is 20.7. The number of carbonyl (C=O) groups is 1. The first-order valence-electron chi connectivity index (χ1n) is 13.2. The molecule has 1 aliphatic rings. The average molecular weight is 448 g/mol. The molecule has 0 saturated carbocycles. The van der Waals surface area contributed by atoms with E-state index in [0.717, 1.165) is 23.2 Å². The van der Waals surface area contributed by atoms with Crippen molar-refractivity contribution in [3.63, 3.8) is 0 Å². The van der Waals surface area contributed by atoms with Crippen LogP contribution in [0.2, 0.25) is 0 Å². The number of hydrogen-bond donors (Lipinski definition) is 1. The second kappa shape index (κ2) is 16.0. The lowest BCUT2D eigenvalue weighted by atomic mass is 10.1. The van der Waals surface area contributed by atoms with E-state index in [1.54, 1.807) is 0 Å². The van der Waals surface area contributed by atoms with Gasteiger partial charge in [-0.1, -0.05) is 64.5 Å². The quantitative estimate of drug-likeness (QED) is 0.216. The molecule has 0 aromatic heterocycles. The molecule has 1 fully saturated rings. The number of carbonyl (C=O) groups excluding carboxylic acids is 1. The highest BCUT2D eigenvalue weighted by atomic mass is 16.5. The number of hydrogen-bond acceptors (Lipinski definition) is 3. The Morgan fingerprint density at radius 2 is 1.53 bits per heavy atom. The van der Waals surface area contributed by atoms with Gasteiger partial charge in [0.1, 0.15) is 18.9 Å². The number of nitrogens with one attached hydrogen (secondary N) is 1. The van der Waals surface area contributed by atoms with Crippen LogP contribution in [-0.4, -0.2) is 50.0 Å². The summed E-state index contributed by atoms with van der Waals surface area (Å²) >= 11 is 0. The molecule has 2 rings (SSSR count). The molecule has 0 radical (unpaired) electrons. The SMILES string of the molecule is CCCCCCCOc1ccccc1NC(=O)OCC[N+]1(CCCCCC)CCCCC1. The molecule has 5 nitrogen and oxygen atoms in total. The number of anilines is 1. The van der Waals surface area contributed by atoms with Crippen molar-refractivity contribution >= 4 is 11.8 Å². The lowest BCUT2D eigenvalue weighted by Crippen LogP contribution is -2.54. The summed E-state index contributed by atoms with van der Waals surface area (Å²) in [5.41, 5.74) is 0.687. The van der Waals surface area contributed by atoms with Gasteiger partial charge < -0.3 is 14.0 Å². The van der Waals surface area contributed by atoms with Gasteiger partial charge in [-0.3, -0.25) is 5.32 Å².